The van der Waals surface area contributed by atoms with E-state index in [0.29, 0.717) is 12.8 Å². The molecule has 0 atom stereocenters. The van der Waals surface area contributed by atoms with Crippen LogP contribution in [0.1, 0.15) is 42.0 Å². The number of rotatable bonds is 5. The van der Waals surface area contributed by atoms with Crippen LogP contribution in [0.5, 0.6) is 0 Å². The first-order valence-electron chi connectivity index (χ1n) is 8.51. The molecule has 0 aliphatic carbocycles. The summed E-state index contributed by atoms with van der Waals surface area (Å²) in [5.41, 5.74) is 3.00. The third kappa shape index (κ3) is 3.77. The van der Waals surface area contributed by atoms with E-state index in [1.807, 2.05) is 20.8 Å². The number of carbonyl (C=O) groups is 1. The van der Waals surface area contributed by atoms with Crippen LogP contribution >= 0.6 is 0 Å². The van der Waals surface area contributed by atoms with E-state index in [1.165, 1.54) is 0 Å². The Hall–Kier alpha value is -2.31. The Balaban J connectivity index is 1.43. The minimum absolute atomic E-state index is 0.101. The summed E-state index contributed by atoms with van der Waals surface area (Å²) >= 11 is 0. The molecule has 1 amide bonds. The van der Waals surface area contributed by atoms with Crippen molar-refractivity contribution in [2.24, 2.45) is 0 Å². The van der Waals surface area contributed by atoms with Gasteiger partial charge in [0.2, 0.25) is 5.91 Å². The number of aromatic nitrogens is 3. The van der Waals surface area contributed by atoms with Gasteiger partial charge in [0.25, 0.3) is 0 Å². The zero-order valence-electron chi connectivity index (χ0n) is 14.6. The van der Waals surface area contributed by atoms with Gasteiger partial charge in [0, 0.05) is 42.9 Å². The van der Waals surface area contributed by atoms with Gasteiger partial charge in [-0.3, -0.25) is 9.89 Å². The van der Waals surface area contributed by atoms with Gasteiger partial charge < -0.3 is 14.7 Å². The fourth-order valence-electron chi connectivity index (χ4n) is 3.22. The van der Waals surface area contributed by atoms with Crippen molar-refractivity contribution in [1.82, 2.24) is 20.7 Å². The number of aryl methyl sites for hydroxylation is 3. The zero-order valence-corrected chi connectivity index (χ0v) is 14.6. The molecule has 0 bridgehead atoms. The van der Waals surface area contributed by atoms with Crippen LogP contribution in [0.15, 0.2) is 10.6 Å². The van der Waals surface area contributed by atoms with Crippen molar-refractivity contribution in [3.63, 3.8) is 0 Å². The molecule has 7 nitrogen and oxygen atoms in total. The highest BCUT2D eigenvalue weighted by atomic mass is 16.5. The summed E-state index contributed by atoms with van der Waals surface area (Å²) in [6.07, 6.45) is 3.05. The van der Waals surface area contributed by atoms with E-state index in [4.69, 9.17) is 4.52 Å². The lowest BCUT2D eigenvalue weighted by molar-refractivity contribution is -0.121. The van der Waals surface area contributed by atoms with E-state index in [9.17, 15) is 4.79 Å². The Labute approximate surface area is 141 Å². The van der Waals surface area contributed by atoms with Crippen LogP contribution in [0.3, 0.4) is 0 Å². The number of piperidine rings is 1. The predicted molar refractivity (Wildman–Crippen MR) is 91.0 cm³/mol. The van der Waals surface area contributed by atoms with Crippen LogP contribution in [-0.2, 0) is 11.2 Å². The van der Waals surface area contributed by atoms with Crippen LogP contribution in [0.2, 0.25) is 0 Å². The average molecular weight is 331 g/mol. The first-order chi connectivity index (χ1) is 11.5. The Bertz CT molecular complexity index is 678. The fraction of sp³-hybridized carbons (Fsp3) is 0.588. The molecule has 1 aliphatic heterocycles. The van der Waals surface area contributed by atoms with E-state index in [-0.39, 0.29) is 11.9 Å². The second kappa shape index (κ2) is 7.07. The standard InChI is InChI=1S/C17H25N5O2/c1-11-10-16(20-19-11)22-8-6-14(7-9-22)18-17(23)5-4-15-12(2)21-24-13(15)3/h10,14H,4-9H2,1-3H3,(H,18,23)(H,19,20). The number of nitrogens with zero attached hydrogens (tertiary/aromatic N) is 3. The van der Waals surface area contributed by atoms with Gasteiger partial charge in [-0.2, -0.15) is 5.10 Å². The van der Waals surface area contributed by atoms with Crippen molar-refractivity contribution in [2.75, 3.05) is 18.0 Å². The number of hydrogen-bond donors (Lipinski definition) is 2. The van der Waals surface area contributed by atoms with Gasteiger partial charge in [-0.25, -0.2) is 0 Å². The molecule has 0 aromatic carbocycles. The van der Waals surface area contributed by atoms with Crippen LogP contribution < -0.4 is 10.2 Å². The third-order valence-electron chi connectivity index (χ3n) is 4.66. The normalized spacial score (nSPS) is 15.7. The van der Waals surface area contributed by atoms with E-state index in [0.717, 1.165) is 54.5 Å². The first kappa shape index (κ1) is 16.5. The Morgan fingerprint density at radius 3 is 2.71 bits per heavy atom. The number of anilines is 1. The monoisotopic (exact) mass is 331 g/mol. The maximum Gasteiger partial charge on any atom is 0.220 e. The molecule has 0 radical (unpaired) electrons. The maximum atomic E-state index is 12.2. The van der Waals surface area contributed by atoms with Crippen molar-refractivity contribution in [1.29, 1.82) is 0 Å². The molecule has 3 rings (SSSR count). The SMILES string of the molecule is Cc1cc(N2CCC(NC(=O)CCc3c(C)noc3C)CC2)n[nH]1. The van der Waals surface area contributed by atoms with Gasteiger partial charge in [-0.15, -0.1) is 0 Å². The lowest BCUT2D eigenvalue weighted by Gasteiger charge is -2.32. The summed E-state index contributed by atoms with van der Waals surface area (Å²) in [5.74, 6) is 1.91. The van der Waals surface area contributed by atoms with Crippen LogP contribution in [-0.4, -0.2) is 40.4 Å². The molecule has 0 unspecified atom stereocenters. The molecular formula is C17H25N5O2. The van der Waals surface area contributed by atoms with Gasteiger partial charge in [0.1, 0.15) is 5.76 Å². The number of hydrogen-bond acceptors (Lipinski definition) is 5. The van der Waals surface area contributed by atoms with Gasteiger partial charge >= 0.3 is 0 Å². The zero-order chi connectivity index (χ0) is 17.1. The molecule has 0 spiro atoms. The van der Waals surface area contributed by atoms with Crippen molar-refractivity contribution in [2.45, 2.75) is 52.5 Å². The summed E-state index contributed by atoms with van der Waals surface area (Å²) in [6, 6.07) is 2.31. The summed E-state index contributed by atoms with van der Waals surface area (Å²) < 4.78 is 5.14. The highest BCUT2D eigenvalue weighted by molar-refractivity contribution is 5.76. The number of nitrogens with one attached hydrogen (secondary N) is 2. The number of amides is 1. The van der Waals surface area contributed by atoms with E-state index < -0.39 is 0 Å². The third-order valence-corrected chi connectivity index (χ3v) is 4.66. The lowest BCUT2D eigenvalue weighted by Crippen LogP contribution is -2.44. The highest BCUT2D eigenvalue weighted by Crippen LogP contribution is 2.19. The number of carbonyl (C=O) groups excluding carboxylic acids is 1. The van der Waals surface area contributed by atoms with Gasteiger partial charge in [-0.1, -0.05) is 5.16 Å². The van der Waals surface area contributed by atoms with Crippen molar-refractivity contribution >= 4 is 11.7 Å². The Morgan fingerprint density at radius 2 is 2.12 bits per heavy atom. The average Bonchev–Trinajstić information content (AvgIpc) is 3.13. The molecule has 2 aromatic heterocycles. The molecule has 1 saturated heterocycles. The summed E-state index contributed by atoms with van der Waals surface area (Å²) in [6.45, 7) is 7.64. The van der Waals surface area contributed by atoms with Crippen LogP contribution in [0.25, 0.3) is 0 Å². The molecule has 2 N–H and O–H groups in total. The molecule has 1 fully saturated rings. The molecular weight excluding hydrogens is 306 g/mol. The second-order valence-corrected chi connectivity index (χ2v) is 6.54. The van der Waals surface area contributed by atoms with Gasteiger partial charge in [0.05, 0.1) is 5.69 Å². The molecule has 7 heteroatoms. The van der Waals surface area contributed by atoms with E-state index >= 15 is 0 Å². The van der Waals surface area contributed by atoms with Crippen molar-refractivity contribution in [3.05, 3.63) is 28.8 Å². The Kier molecular flexibility index (Phi) is 4.87. The molecule has 3 heterocycles. The van der Waals surface area contributed by atoms with E-state index in [2.05, 4.69) is 31.6 Å². The van der Waals surface area contributed by atoms with Crippen molar-refractivity contribution in [3.8, 4) is 0 Å². The largest absolute Gasteiger partial charge is 0.361 e. The molecule has 0 saturated carbocycles. The summed E-state index contributed by atoms with van der Waals surface area (Å²) in [5, 5.41) is 14.4. The minimum Gasteiger partial charge on any atom is -0.361 e. The molecule has 130 valence electrons. The number of H-pyrrole nitrogens is 1. The fourth-order valence-corrected chi connectivity index (χ4v) is 3.22. The molecule has 2 aromatic rings. The smallest absolute Gasteiger partial charge is 0.220 e. The second-order valence-electron chi connectivity index (χ2n) is 6.54. The summed E-state index contributed by atoms with van der Waals surface area (Å²) in [7, 11) is 0. The van der Waals surface area contributed by atoms with Gasteiger partial charge in [0.15, 0.2) is 5.82 Å². The van der Waals surface area contributed by atoms with E-state index in [1.54, 1.807) is 0 Å². The topological polar surface area (TPSA) is 87.1 Å². The quantitative estimate of drug-likeness (QED) is 0.875. The lowest BCUT2D eigenvalue weighted by atomic mass is 10.0. The maximum absolute atomic E-state index is 12.2. The summed E-state index contributed by atoms with van der Waals surface area (Å²) in [4.78, 5) is 14.5. The van der Waals surface area contributed by atoms with Crippen LogP contribution in [0.4, 0.5) is 5.82 Å². The minimum atomic E-state index is 0.101. The van der Waals surface area contributed by atoms with Gasteiger partial charge in [-0.05, 0) is 40.0 Å². The highest BCUT2D eigenvalue weighted by Gasteiger charge is 2.22. The van der Waals surface area contributed by atoms with Crippen LogP contribution in [0, 0.1) is 20.8 Å². The predicted octanol–water partition coefficient (Wildman–Crippen LogP) is 2.04. The molecule has 24 heavy (non-hydrogen) atoms. The number of aromatic amines is 1. The first-order valence-corrected chi connectivity index (χ1v) is 8.51. The molecule has 1 aliphatic rings. The Morgan fingerprint density at radius 1 is 1.38 bits per heavy atom. The van der Waals surface area contributed by atoms with Crippen molar-refractivity contribution < 1.29 is 9.32 Å².